The summed E-state index contributed by atoms with van der Waals surface area (Å²) in [4.78, 5) is 4.22. The number of pyridine rings is 1. The van der Waals surface area contributed by atoms with Crippen molar-refractivity contribution in [2.45, 2.75) is 13.0 Å². The smallest absolute Gasteiger partial charge is 0.125 e. The Morgan fingerprint density at radius 2 is 1.94 bits per heavy atom. The first-order chi connectivity index (χ1) is 8.25. The van der Waals surface area contributed by atoms with E-state index in [2.05, 4.69) is 10.3 Å². The van der Waals surface area contributed by atoms with Crippen molar-refractivity contribution in [2.24, 2.45) is 0 Å². The van der Waals surface area contributed by atoms with Crippen molar-refractivity contribution in [3.63, 3.8) is 0 Å². The van der Waals surface area contributed by atoms with Gasteiger partial charge in [-0.15, -0.1) is 0 Å². The van der Waals surface area contributed by atoms with Crippen LogP contribution in [0.1, 0.15) is 17.2 Å². The topological polar surface area (TPSA) is 45.1 Å². The van der Waals surface area contributed by atoms with Gasteiger partial charge in [0, 0.05) is 12.7 Å². The van der Waals surface area contributed by atoms with Gasteiger partial charge < -0.3 is 10.4 Å². The molecule has 1 heterocycles. The predicted molar refractivity (Wildman–Crippen MR) is 68.9 cm³/mol. The Kier molecular flexibility index (Phi) is 3.73. The van der Waals surface area contributed by atoms with E-state index in [1.54, 1.807) is 6.20 Å². The fourth-order valence-corrected chi connectivity index (χ4v) is 1.57. The molecule has 1 atom stereocenters. The van der Waals surface area contributed by atoms with Crippen LogP contribution in [0.25, 0.3) is 0 Å². The van der Waals surface area contributed by atoms with Crippen LogP contribution in [0.5, 0.6) is 0 Å². The first kappa shape index (κ1) is 11.6. The summed E-state index contributed by atoms with van der Waals surface area (Å²) in [6.07, 6.45) is 1.29. The van der Waals surface area contributed by atoms with E-state index in [4.69, 9.17) is 0 Å². The van der Waals surface area contributed by atoms with Crippen LogP contribution in [0.15, 0.2) is 48.7 Å². The van der Waals surface area contributed by atoms with Gasteiger partial charge in [-0.25, -0.2) is 4.98 Å². The molecule has 0 saturated heterocycles. The lowest BCUT2D eigenvalue weighted by Crippen LogP contribution is -2.12. The number of anilines is 1. The molecule has 3 nitrogen and oxygen atoms in total. The molecule has 2 aromatic rings. The van der Waals surface area contributed by atoms with Crippen LogP contribution >= 0.6 is 0 Å². The molecule has 0 fully saturated rings. The lowest BCUT2D eigenvalue weighted by Gasteiger charge is -2.12. The van der Waals surface area contributed by atoms with Crippen molar-refractivity contribution in [3.05, 3.63) is 59.8 Å². The first-order valence-corrected chi connectivity index (χ1v) is 5.65. The molecule has 0 spiro atoms. The molecular formula is C14H16N2O. The van der Waals surface area contributed by atoms with Crippen LogP contribution in [-0.4, -0.2) is 16.6 Å². The van der Waals surface area contributed by atoms with Crippen molar-refractivity contribution < 1.29 is 5.11 Å². The molecule has 1 aromatic carbocycles. The number of aliphatic hydroxyl groups is 1. The van der Waals surface area contributed by atoms with E-state index in [0.29, 0.717) is 6.54 Å². The first-order valence-electron chi connectivity index (χ1n) is 5.65. The van der Waals surface area contributed by atoms with Crippen LogP contribution in [0.4, 0.5) is 5.82 Å². The van der Waals surface area contributed by atoms with Crippen LogP contribution in [0.2, 0.25) is 0 Å². The molecule has 0 aliphatic rings. The van der Waals surface area contributed by atoms with Crippen LogP contribution in [0, 0.1) is 6.92 Å². The molecule has 17 heavy (non-hydrogen) atoms. The average Bonchev–Trinajstić information content (AvgIpc) is 2.39. The Balaban J connectivity index is 1.92. The van der Waals surface area contributed by atoms with Gasteiger partial charge in [-0.2, -0.15) is 0 Å². The molecule has 0 aliphatic heterocycles. The normalized spacial score (nSPS) is 12.1. The second kappa shape index (κ2) is 5.46. The van der Waals surface area contributed by atoms with Crippen LogP contribution < -0.4 is 5.32 Å². The van der Waals surface area contributed by atoms with Gasteiger partial charge in [0.1, 0.15) is 5.82 Å². The van der Waals surface area contributed by atoms with E-state index in [-0.39, 0.29) is 0 Å². The van der Waals surface area contributed by atoms with Gasteiger partial charge >= 0.3 is 0 Å². The molecule has 0 saturated carbocycles. The van der Waals surface area contributed by atoms with E-state index in [1.165, 1.54) is 0 Å². The zero-order valence-electron chi connectivity index (χ0n) is 9.80. The molecular weight excluding hydrogens is 212 g/mol. The minimum Gasteiger partial charge on any atom is -0.387 e. The van der Waals surface area contributed by atoms with Gasteiger partial charge in [0.25, 0.3) is 0 Å². The number of nitrogens with zero attached hydrogens (tertiary/aromatic N) is 1. The van der Waals surface area contributed by atoms with Gasteiger partial charge in [0.15, 0.2) is 0 Å². The van der Waals surface area contributed by atoms with Gasteiger partial charge in [0.2, 0.25) is 0 Å². The second-order valence-electron chi connectivity index (χ2n) is 4.03. The molecule has 1 aromatic heterocycles. The number of aryl methyl sites for hydroxylation is 1. The van der Waals surface area contributed by atoms with Gasteiger partial charge in [0.05, 0.1) is 6.10 Å². The molecule has 2 N–H and O–H groups in total. The lowest BCUT2D eigenvalue weighted by atomic mass is 10.1. The van der Waals surface area contributed by atoms with E-state index in [9.17, 15) is 5.11 Å². The summed E-state index contributed by atoms with van der Waals surface area (Å²) in [6, 6.07) is 13.5. The van der Waals surface area contributed by atoms with Crippen molar-refractivity contribution in [3.8, 4) is 0 Å². The Morgan fingerprint density at radius 1 is 1.18 bits per heavy atom. The number of hydrogen-bond donors (Lipinski definition) is 2. The third-order valence-corrected chi connectivity index (χ3v) is 2.57. The van der Waals surface area contributed by atoms with Gasteiger partial charge in [-0.1, -0.05) is 36.4 Å². The van der Waals surface area contributed by atoms with E-state index in [1.807, 2.05) is 49.4 Å². The number of nitrogens with one attached hydrogen (secondary N) is 1. The number of rotatable bonds is 4. The van der Waals surface area contributed by atoms with Gasteiger partial charge in [-0.3, -0.25) is 0 Å². The molecule has 3 heteroatoms. The molecule has 0 radical (unpaired) electrons. The Bertz CT molecular complexity index is 453. The summed E-state index contributed by atoms with van der Waals surface area (Å²) >= 11 is 0. The number of aliphatic hydroxyl groups excluding tert-OH is 1. The summed E-state index contributed by atoms with van der Waals surface area (Å²) < 4.78 is 0. The summed E-state index contributed by atoms with van der Waals surface area (Å²) in [7, 11) is 0. The van der Waals surface area contributed by atoms with Crippen molar-refractivity contribution in [1.29, 1.82) is 0 Å². The summed E-state index contributed by atoms with van der Waals surface area (Å²) in [5.41, 5.74) is 2.03. The quantitative estimate of drug-likeness (QED) is 0.845. The minimum atomic E-state index is -0.515. The van der Waals surface area contributed by atoms with Crippen LogP contribution in [-0.2, 0) is 0 Å². The Labute approximate surface area is 101 Å². The van der Waals surface area contributed by atoms with E-state index >= 15 is 0 Å². The fourth-order valence-electron chi connectivity index (χ4n) is 1.57. The van der Waals surface area contributed by atoms with E-state index < -0.39 is 6.10 Å². The molecule has 1 unspecified atom stereocenters. The van der Waals surface area contributed by atoms with Gasteiger partial charge in [-0.05, 0) is 24.1 Å². The predicted octanol–water partition coefficient (Wildman–Crippen LogP) is 2.54. The highest BCUT2D eigenvalue weighted by atomic mass is 16.3. The Hall–Kier alpha value is -1.87. The van der Waals surface area contributed by atoms with Crippen LogP contribution in [0.3, 0.4) is 0 Å². The average molecular weight is 228 g/mol. The fraction of sp³-hybridized carbons (Fsp3) is 0.214. The number of hydrogen-bond acceptors (Lipinski definition) is 3. The largest absolute Gasteiger partial charge is 0.387 e. The zero-order chi connectivity index (χ0) is 12.1. The third kappa shape index (κ3) is 3.29. The van der Waals surface area contributed by atoms with Crippen molar-refractivity contribution in [2.75, 3.05) is 11.9 Å². The van der Waals surface area contributed by atoms with E-state index in [0.717, 1.165) is 16.9 Å². The molecule has 0 aliphatic carbocycles. The highest BCUT2D eigenvalue weighted by Crippen LogP contribution is 2.13. The maximum Gasteiger partial charge on any atom is 0.125 e. The minimum absolute atomic E-state index is 0.458. The highest BCUT2D eigenvalue weighted by molar-refractivity contribution is 5.35. The second-order valence-corrected chi connectivity index (χ2v) is 4.03. The third-order valence-electron chi connectivity index (χ3n) is 2.57. The van der Waals surface area contributed by atoms with Crippen molar-refractivity contribution >= 4 is 5.82 Å². The summed E-state index contributed by atoms with van der Waals surface area (Å²) in [5.74, 6) is 0.783. The standard InChI is InChI=1S/C14H16N2O/c1-11-7-8-14(15-9-11)16-10-13(17)12-5-3-2-4-6-12/h2-9,13,17H,10H2,1H3,(H,15,16). The maximum absolute atomic E-state index is 9.95. The summed E-state index contributed by atoms with van der Waals surface area (Å²) in [5, 5.41) is 13.1. The molecule has 0 amide bonds. The lowest BCUT2D eigenvalue weighted by molar-refractivity contribution is 0.191. The SMILES string of the molecule is Cc1ccc(NCC(O)c2ccccc2)nc1. The number of aromatic nitrogens is 1. The molecule has 88 valence electrons. The number of benzene rings is 1. The Morgan fingerprint density at radius 3 is 2.59 bits per heavy atom. The molecule has 0 bridgehead atoms. The van der Waals surface area contributed by atoms with Crippen molar-refractivity contribution in [1.82, 2.24) is 4.98 Å². The zero-order valence-corrected chi connectivity index (χ0v) is 9.80. The molecule has 2 rings (SSSR count). The monoisotopic (exact) mass is 228 g/mol. The highest BCUT2D eigenvalue weighted by Gasteiger charge is 2.06. The summed E-state index contributed by atoms with van der Waals surface area (Å²) in [6.45, 7) is 2.45. The maximum atomic E-state index is 9.95.